The number of aryl methyl sites for hydroxylation is 1. The van der Waals surface area contributed by atoms with Crippen LogP contribution in [0.4, 0.5) is 0 Å². The van der Waals surface area contributed by atoms with Crippen molar-refractivity contribution in [1.82, 2.24) is 4.90 Å². The second-order valence-electron chi connectivity index (χ2n) is 6.04. The Morgan fingerprint density at radius 3 is 2.68 bits per heavy atom. The second-order valence-corrected chi connectivity index (χ2v) is 6.04. The molecule has 2 aliphatic rings. The molecular weight excluding hydrogens is 274 g/mol. The van der Waals surface area contributed by atoms with E-state index in [4.69, 9.17) is 4.74 Å². The standard InChI is InChI=1S/C19H19NO2/c21-19(17-9-3-7-16-12-22-13-18(16)17)20-10-4-8-14-5-1-2-6-15(14)11-20/h1-3,5-7,9H,4,8,10-13H2. The van der Waals surface area contributed by atoms with Crippen molar-refractivity contribution in [3.63, 3.8) is 0 Å². The monoisotopic (exact) mass is 293 g/mol. The number of fused-ring (bicyclic) bond motifs is 2. The first-order valence-electron chi connectivity index (χ1n) is 7.87. The van der Waals surface area contributed by atoms with E-state index in [1.54, 1.807) is 0 Å². The van der Waals surface area contributed by atoms with Gasteiger partial charge in [0.15, 0.2) is 0 Å². The molecule has 112 valence electrons. The topological polar surface area (TPSA) is 29.5 Å². The number of hydrogen-bond donors (Lipinski definition) is 0. The van der Waals surface area contributed by atoms with E-state index in [1.807, 2.05) is 17.0 Å². The molecule has 0 N–H and O–H groups in total. The summed E-state index contributed by atoms with van der Waals surface area (Å²) in [5, 5.41) is 0. The third kappa shape index (κ3) is 2.32. The average molecular weight is 293 g/mol. The van der Waals surface area contributed by atoms with Gasteiger partial charge in [-0.05, 0) is 41.2 Å². The molecule has 0 radical (unpaired) electrons. The minimum atomic E-state index is 0.138. The number of hydrogen-bond acceptors (Lipinski definition) is 2. The second kappa shape index (κ2) is 5.58. The Balaban J connectivity index is 1.65. The van der Waals surface area contributed by atoms with E-state index in [0.29, 0.717) is 19.8 Å². The quantitative estimate of drug-likeness (QED) is 0.807. The molecule has 0 aliphatic carbocycles. The van der Waals surface area contributed by atoms with Crippen molar-refractivity contribution in [1.29, 1.82) is 0 Å². The first kappa shape index (κ1) is 13.5. The molecule has 2 aromatic carbocycles. The Hall–Kier alpha value is -2.13. The van der Waals surface area contributed by atoms with Crippen LogP contribution in [0.3, 0.4) is 0 Å². The summed E-state index contributed by atoms with van der Waals surface area (Å²) < 4.78 is 5.50. The fourth-order valence-corrected chi connectivity index (χ4v) is 3.45. The lowest BCUT2D eigenvalue weighted by molar-refractivity contribution is 0.0741. The van der Waals surface area contributed by atoms with Gasteiger partial charge in [-0.2, -0.15) is 0 Å². The van der Waals surface area contributed by atoms with Gasteiger partial charge in [0.25, 0.3) is 5.91 Å². The van der Waals surface area contributed by atoms with Crippen LogP contribution in [0, 0.1) is 0 Å². The molecule has 0 saturated carbocycles. The summed E-state index contributed by atoms with van der Waals surface area (Å²) in [6, 6.07) is 14.4. The molecule has 0 atom stereocenters. The molecular formula is C19H19NO2. The molecule has 0 unspecified atom stereocenters. The van der Waals surface area contributed by atoms with E-state index in [0.717, 1.165) is 36.1 Å². The van der Waals surface area contributed by atoms with Crippen molar-refractivity contribution in [2.24, 2.45) is 0 Å². The molecule has 2 aliphatic heterocycles. The summed E-state index contributed by atoms with van der Waals surface area (Å²) in [6.07, 6.45) is 2.07. The summed E-state index contributed by atoms with van der Waals surface area (Å²) in [5.41, 5.74) is 5.69. The maximum atomic E-state index is 13.0. The van der Waals surface area contributed by atoms with Crippen molar-refractivity contribution < 1.29 is 9.53 Å². The fraction of sp³-hybridized carbons (Fsp3) is 0.316. The number of carbonyl (C=O) groups is 1. The summed E-state index contributed by atoms with van der Waals surface area (Å²) in [6.45, 7) is 2.71. The maximum Gasteiger partial charge on any atom is 0.254 e. The zero-order valence-corrected chi connectivity index (χ0v) is 12.5. The van der Waals surface area contributed by atoms with Gasteiger partial charge in [-0.25, -0.2) is 0 Å². The number of carbonyl (C=O) groups excluding carboxylic acids is 1. The molecule has 22 heavy (non-hydrogen) atoms. The fourth-order valence-electron chi connectivity index (χ4n) is 3.45. The minimum absolute atomic E-state index is 0.138. The number of ether oxygens (including phenoxy) is 1. The van der Waals surface area contributed by atoms with Gasteiger partial charge < -0.3 is 9.64 Å². The molecule has 3 nitrogen and oxygen atoms in total. The van der Waals surface area contributed by atoms with Crippen LogP contribution in [0.15, 0.2) is 42.5 Å². The van der Waals surface area contributed by atoms with Gasteiger partial charge in [-0.15, -0.1) is 0 Å². The largest absolute Gasteiger partial charge is 0.372 e. The van der Waals surface area contributed by atoms with Gasteiger partial charge >= 0.3 is 0 Å². The summed E-state index contributed by atoms with van der Waals surface area (Å²) in [7, 11) is 0. The molecule has 3 heteroatoms. The molecule has 0 aromatic heterocycles. The number of nitrogens with zero attached hydrogens (tertiary/aromatic N) is 1. The Kier molecular flexibility index (Phi) is 3.43. The van der Waals surface area contributed by atoms with Crippen molar-refractivity contribution in [2.75, 3.05) is 6.54 Å². The Morgan fingerprint density at radius 2 is 1.77 bits per heavy atom. The highest BCUT2D eigenvalue weighted by molar-refractivity contribution is 5.96. The van der Waals surface area contributed by atoms with Crippen molar-refractivity contribution in [3.05, 3.63) is 70.3 Å². The molecule has 0 saturated heterocycles. The summed E-state index contributed by atoms with van der Waals surface area (Å²) >= 11 is 0. The molecule has 1 amide bonds. The first-order valence-corrected chi connectivity index (χ1v) is 7.87. The molecule has 2 aromatic rings. The van der Waals surface area contributed by atoms with Crippen molar-refractivity contribution in [2.45, 2.75) is 32.6 Å². The van der Waals surface area contributed by atoms with Crippen LogP contribution in [0.5, 0.6) is 0 Å². The average Bonchev–Trinajstić information content (AvgIpc) is 2.93. The predicted octanol–water partition coefficient (Wildman–Crippen LogP) is 3.31. The van der Waals surface area contributed by atoms with Crippen LogP contribution in [0.2, 0.25) is 0 Å². The molecule has 0 spiro atoms. The zero-order chi connectivity index (χ0) is 14.9. The van der Waals surface area contributed by atoms with Crippen LogP contribution in [-0.4, -0.2) is 17.4 Å². The van der Waals surface area contributed by atoms with Crippen LogP contribution < -0.4 is 0 Å². The smallest absolute Gasteiger partial charge is 0.254 e. The summed E-state index contributed by atoms with van der Waals surface area (Å²) in [5.74, 6) is 0.138. The van der Waals surface area contributed by atoms with Gasteiger partial charge in [0.2, 0.25) is 0 Å². The number of amides is 1. The van der Waals surface area contributed by atoms with Gasteiger partial charge in [0, 0.05) is 18.7 Å². The molecule has 4 rings (SSSR count). The molecule has 0 bridgehead atoms. The van der Waals surface area contributed by atoms with Crippen molar-refractivity contribution in [3.8, 4) is 0 Å². The van der Waals surface area contributed by atoms with Gasteiger partial charge in [0.05, 0.1) is 13.2 Å². The SMILES string of the molecule is O=C(c1cccc2c1COC2)N1CCCc2ccccc2C1. The van der Waals surface area contributed by atoms with E-state index in [-0.39, 0.29) is 5.91 Å². The van der Waals surface area contributed by atoms with E-state index in [2.05, 4.69) is 30.3 Å². The van der Waals surface area contributed by atoms with E-state index in [1.165, 1.54) is 11.1 Å². The highest BCUT2D eigenvalue weighted by Crippen LogP contribution is 2.26. The maximum absolute atomic E-state index is 13.0. The van der Waals surface area contributed by atoms with Crippen LogP contribution in [0.25, 0.3) is 0 Å². The van der Waals surface area contributed by atoms with Gasteiger partial charge in [-0.3, -0.25) is 4.79 Å². The summed E-state index contributed by atoms with van der Waals surface area (Å²) in [4.78, 5) is 15.0. The highest BCUT2D eigenvalue weighted by atomic mass is 16.5. The molecule has 2 heterocycles. The number of rotatable bonds is 1. The Morgan fingerprint density at radius 1 is 0.955 bits per heavy atom. The first-order chi connectivity index (χ1) is 10.8. The lowest BCUT2D eigenvalue weighted by Gasteiger charge is -2.22. The van der Waals surface area contributed by atoms with E-state index < -0.39 is 0 Å². The van der Waals surface area contributed by atoms with Crippen LogP contribution >= 0.6 is 0 Å². The third-order valence-electron chi connectivity index (χ3n) is 4.65. The van der Waals surface area contributed by atoms with Crippen LogP contribution in [-0.2, 0) is 30.9 Å². The normalized spacial score (nSPS) is 16.8. The van der Waals surface area contributed by atoms with Gasteiger partial charge in [-0.1, -0.05) is 36.4 Å². The van der Waals surface area contributed by atoms with E-state index >= 15 is 0 Å². The number of benzene rings is 2. The molecule has 0 fully saturated rings. The van der Waals surface area contributed by atoms with Crippen molar-refractivity contribution >= 4 is 5.91 Å². The Bertz CT molecular complexity index is 723. The third-order valence-corrected chi connectivity index (χ3v) is 4.65. The lowest BCUT2D eigenvalue weighted by atomic mass is 10.0. The van der Waals surface area contributed by atoms with Crippen LogP contribution in [0.1, 0.15) is 39.0 Å². The Labute approximate surface area is 130 Å². The highest BCUT2D eigenvalue weighted by Gasteiger charge is 2.24. The van der Waals surface area contributed by atoms with Gasteiger partial charge in [0.1, 0.15) is 0 Å². The lowest BCUT2D eigenvalue weighted by Crippen LogP contribution is -2.31. The zero-order valence-electron chi connectivity index (χ0n) is 12.5. The predicted molar refractivity (Wildman–Crippen MR) is 84.4 cm³/mol. The minimum Gasteiger partial charge on any atom is -0.372 e. The van der Waals surface area contributed by atoms with E-state index in [9.17, 15) is 4.79 Å².